The molecule has 0 aromatic rings. The molecule has 1 aliphatic heterocycles. The molecule has 0 aromatic heterocycles. The van der Waals surface area contributed by atoms with E-state index in [4.69, 9.17) is 0 Å². The molecule has 6 heteroatoms. The summed E-state index contributed by atoms with van der Waals surface area (Å²) in [5.41, 5.74) is 0.274. The molecule has 0 saturated carbocycles. The van der Waals surface area contributed by atoms with E-state index in [0.29, 0.717) is 25.6 Å². The summed E-state index contributed by atoms with van der Waals surface area (Å²) in [6.45, 7) is 9.32. The van der Waals surface area contributed by atoms with Gasteiger partial charge >= 0.3 is 0 Å². The molecule has 1 heterocycles. The molecule has 19 heavy (non-hydrogen) atoms. The molecule has 1 aliphatic rings. The molecular formula is C13H29N3O2S. The lowest BCUT2D eigenvalue weighted by atomic mass is 9.76. The second kappa shape index (κ2) is 7.02. The highest BCUT2D eigenvalue weighted by Crippen LogP contribution is 2.34. The fraction of sp³-hybridized carbons (Fsp3) is 1.00. The fourth-order valence-electron chi connectivity index (χ4n) is 2.52. The highest BCUT2D eigenvalue weighted by molar-refractivity contribution is 7.87. The Balaban J connectivity index is 2.41. The van der Waals surface area contributed by atoms with Crippen LogP contribution in [0.25, 0.3) is 0 Å². The molecule has 0 atom stereocenters. The van der Waals surface area contributed by atoms with E-state index in [1.807, 2.05) is 7.05 Å². The van der Waals surface area contributed by atoms with Crippen LogP contribution in [0.3, 0.4) is 0 Å². The van der Waals surface area contributed by atoms with Gasteiger partial charge in [-0.1, -0.05) is 20.8 Å². The molecule has 1 rings (SSSR count). The average molecular weight is 291 g/mol. The number of piperidine rings is 1. The van der Waals surface area contributed by atoms with Crippen LogP contribution in [0.4, 0.5) is 0 Å². The van der Waals surface area contributed by atoms with Crippen molar-refractivity contribution in [3.63, 3.8) is 0 Å². The minimum atomic E-state index is -3.28. The Labute approximate surface area is 118 Å². The third kappa shape index (κ3) is 5.38. The molecule has 0 unspecified atom stereocenters. The molecule has 0 aromatic carbocycles. The Morgan fingerprint density at radius 2 is 1.74 bits per heavy atom. The summed E-state index contributed by atoms with van der Waals surface area (Å²) in [6.07, 6.45) is 2.73. The highest BCUT2D eigenvalue weighted by Gasteiger charge is 2.32. The van der Waals surface area contributed by atoms with E-state index in [1.165, 1.54) is 0 Å². The largest absolute Gasteiger partial charge is 0.320 e. The SMILES string of the molecule is CNCCCNS(=O)(=O)N1CCC(C(C)(C)C)CC1. The zero-order chi connectivity index (χ0) is 14.5. The van der Waals surface area contributed by atoms with Crippen molar-refractivity contribution < 1.29 is 8.42 Å². The van der Waals surface area contributed by atoms with Crippen molar-refractivity contribution >= 4 is 10.2 Å². The highest BCUT2D eigenvalue weighted by atomic mass is 32.2. The van der Waals surface area contributed by atoms with Crippen molar-refractivity contribution in [1.29, 1.82) is 0 Å². The van der Waals surface area contributed by atoms with Gasteiger partial charge in [0.05, 0.1) is 0 Å². The van der Waals surface area contributed by atoms with E-state index < -0.39 is 10.2 Å². The van der Waals surface area contributed by atoms with E-state index in [0.717, 1.165) is 25.8 Å². The maximum absolute atomic E-state index is 12.1. The summed E-state index contributed by atoms with van der Waals surface area (Å²) in [5, 5.41) is 3.01. The summed E-state index contributed by atoms with van der Waals surface area (Å²) in [6, 6.07) is 0. The smallest absolute Gasteiger partial charge is 0.279 e. The van der Waals surface area contributed by atoms with Crippen LogP contribution in [0.1, 0.15) is 40.0 Å². The zero-order valence-corrected chi connectivity index (χ0v) is 13.5. The normalized spacial score (nSPS) is 19.8. The number of nitrogens with one attached hydrogen (secondary N) is 2. The average Bonchev–Trinajstić information content (AvgIpc) is 2.34. The molecule has 0 radical (unpaired) electrons. The van der Waals surface area contributed by atoms with Gasteiger partial charge in [0.15, 0.2) is 0 Å². The molecule has 0 amide bonds. The van der Waals surface area contributed by atoms with E-state index in [1.54, 1.807) is 4.31 Å². The Kier molecular flexibility index (Phi) is 6.23. The lowest BCUT2D eigenvalue weighted by Gasteiger charge is -2.38. The van der Waals surface area contributed by atoms with Crippen molar-refractivity contribution in [1.82, 2.24) is 14.3 Å². The summed E-state index contributed by atoms with van der Waals surface area (Å²) < 4.78 is 28.5. The number of nitrogens with zero attached hydrogens (tertiary/aromatic N) is 1. The standard InChI is InChI=1S/C13H29N3O2S/c1-13(2,3)12-6-10-16(11-7-12)19(17,18)15-9-5-8-14-4/h12,14-15H,5-11H2,1-4H3. The predicted octanol–water partition coefficient (Wildman–Crippen LogP) is 1.19. The van der Waals surface area contributed by atoms with Gasteiger partial charge in [-0.2, -0.15) is 12.7 Å². The van der Waals surface area contributed by atoms with Gasteiger partial charge in [0.2, 0.25) is 0 Å². The summed E-state index contributed by atoms with van der Waals surface area (Å²) >= 11 is 0. The lowest BCUT2D eigenvalue weighted by Crippen LogP contribution is -2.46. The first-order valence-corrected chi connectivity index (χ1v) is 8.60. The van der Waals surface area contributed by atoms with E-state index in [9.17, 15) is 8.42 Å². The Morgan fingerprint density at radius 1 is 1.16 bits per heavy atom. The fourth-order valence-corrected chi connectivity index (χ4v) is 3.80. The first-order valence-electron chi connectivity index (χ1n) is 7.16. The quantitative estimate of drug-likeness (QED) is 0.723. The number of hydrogen-bond acceptors (Lipinski definition) is 3. The monoisotopic (exact) mass is 291 g/mol. The number of hydrogen-bond donors (Lipinski definition) is 2. The zero-order valence-electron chi connectivity index (χ0n) is 12.7. The molecule has 114 valence electrons. The second-order valence-electron chi connectivity index (χ2n) is 6.40. The van der Waals surface area contributed by atoms with Crippen LogP contribution in [0.5, 0.6) is 0 Å². The van der Waals surface area contributed by atoms with Crippen LogP contribution < -0.4 is 10.0 Å². The molecular weight excluding hydrogens is 262 g/mol. The minimum absolute atomic E-state index is 0.274. The van der Waals surface area contributed by atoms with E-state index in [-0.39, 0.29) is 5.41 Å². The van der Waals surface area contributed by atoms with Crippen molar-refractivity contribution in [2.75, 3.05) is 33.2 Å². The molecule has 1 fully saturated rings. The van der Waals surface area contributed by atoms with Gasteiger partial charge in [0.25, 0.3) is 10.2 Å². The maximum Gasteiger partial charge on any atom is 0.279 e. The minimum Gasteiger partial charge on any atom is -0.320 e. The molecule has 5 nitrogen and oxygen atoms in total. The van der Waals surface area contributed by atoms with Crippen LogP contribution in [0, 0.1) is 11.3 Å². The topological polar surface area (TPSA) is 61.4 Å². The molecule has 1 saturated heterocycles. The van der Waals surface area contributed by atoms with Crippen LogP contribution >= 0.6 is 0 Å². The van der Waals surface area contributed by atoms with Gasteiger partial charge in [0, 0.05) is 19.6 Å². The predicted molar refractivity (Wildman–Crippen MR) is 79.2 cm³/mol. The van der Waals surface area contributed by atoms with Gasteiger partial charge in [0.1, 0.15) is 0 Å². The third-order valence-corrected chi connectivity index (χ3v) is 5.52. The van der Waals surface area contributed by atoms with Crippen molar-refractivity contribution in [2.24, 2.45) is 11.3 Å². The van der Waals surface area contributed by atoms with Crippen LogP contribution in [-0.4, -0.2) is 45.9 Å². The van der Waals surface area contributed by atoms with Crippen LogP contribution in [0.2, 0.25) is 0 Å². The van der Waals surface area contributed by atoms with Crippen molar-refractivity contribution in [2.45, 2.75) is 40.0 Å². The van der Waals surface area contributed by atoms with Gasteiger partial charge in [-0.25, -0.2) is 4.72 Å². The Bertz CT molecular complexity index is 355. The molecule has 0 aliphatic carbocycles. The first kappa shape index (κ1) is 16.9. The van der Waals surface area contributed by atoms with Gasteiger partial charge in [-0.3, -0.25) is 0 Å². The second-order valence-corrected chi connectivity index (χ2v) is 8.15. The molecule has 0 spiro atoms. The molecule has 0 bridgehead atoms. The molecule has 2 N–H and O–H groups in total. The van der Waals surface area contributed by atoms with E-state index >= 15 is 0 Å². The summed E-state index contributed by atoms with van der Waals surface area (Å²) in [7, 11) is -1.41. The van der Waals surface area contributed by atoms with Crippen LogP contribution in [-0.2, 0) is 10.2 Å². The van der Waals surface area contributed by atoms with Gasteiger partial charge in [-0.05, 0) is 44.2 Å². The Morgan fingerprint density at radius 3 is 2.21 bits per heavy atom. The van der Waals surface area contributed by atoms with Gasteiger partial charge in [-0.15, -0.1) is 0 Å². The maximum atomic E-state index is 12.1. The first-order chi connectivity index (χ1) is 8.77. The summed E-state index contributed by atoms with van der Waals surface area (Å²) in [4.78, 5) is 0. The Hall–Kier alpha value is -0.170. The van der Waals surface area contributed by atoms with Crippen LogP contribution in [0.15, 0.2) is 0 Å². The van der Waals surface area contributed by atoms with E-state index in [2.05, 4.69) is 30.8 Å². The third-order valence-electron chi connectivity index (χ3n) is 3.91. The van der Waals surface area contributed by atoms with Crippen molar-refractivity contribution in [3.05, 3.63) is 0 Å². The van der Waals surface area contributed by atoms with Crippen molar-refractivity contribution in [3.8, 4) is 0 Å². The summed E-state index contributed by atoms with van der Waals surface area (Å²) in [5.74, 6) is 0.614. The van der Waals surface area contributed by atoms with Gasteiger partial charge < -0.3 is 5.32 Å². The lowest BCUT2D eigenvalue weighted by molar-refractivity contribution is 0.153. The number of rotatable bonds is 6.